The predicted molar refractivity (Wildman–Crippen MR) is 57.7 cm³/mol. The van der Waals surface area contributed by atoms with Crippen LogP contribution in [-0.4, -0.2) is 6.04 Å². The fourth-order valence-electron chi connectivity index (χ4n) is 2.31. The molecule has 102 valence electrons. The normalized spacial score (nSPS) is 19.6. The van der Waals surface area contributed by atoms with Gasteiger partial charge in [-0.3, -0.25) is 0 Å². The van der Waals surface area contributed by atoms with Gasteiger partial charge < -0.3 is 37.2 Å². The zero-order chi connectivity index (χ0) is 10.1. The van der Waals surface area contributed by atoms with Crippen LogP contribution in [0.1, 0.15) is 70.6 Å². The van der Waals surface area contributed by atoms with Gasteiger partial charge in [0, 0.05) is 0 Å². The molecule has 0 aliphatic heterocycles. The standard InChI is InChI=1S/C12H24N.3ClH.Ti/c13-12-10-8-6-4-2-1-3-5-7-9-11-12;;;;/h12-13H,1-11H2;3*1H;/q-1;;;;+4/p-3. The van der Waals surface area contributed by atoms with Crippen molar-refractivity contribution in [3.8, 4) is 0 Å². The molecule has 1 saturated carbocycles. The average Bonchev–Trinajstić information content (AvgIpc) is 2.19. The molecule has 0 unspecified atom stereocenters. The monoisotopic (exact) mass is 335 g/mol. The summed E-state index contributed by atoms with van der Waals surface area (Å²) in [6.45, 7) is 0. The molecule has 5 heteroatoms. The Labute approximate surface area is 138 Å². The first-order valence-electron chi connectivity index (χ1n) is 6.36. The second kappa shape index (κ2) is 17.5. The predicted octanol–water partition coefficient (Wildman–Crippen LogP) is -5.28. The van der Waals surface area contributed by atoms with Gasteiger partial charge >= 0.3 is 101 Å². The Hall–Kier alpha value is 1.54. The van der Waals surface area contributed by atoms with Gasteiger partial charge in [-0.25, -0.2) is 0 Å². The Morgan fingerprint density at radius 3 is 1.18 bits per heavy atom. The molecule has 1 nitrogen and oxygen atoms in total. The first-order valence-corrected chi connectivity index (χ1v) is 7.14. The van der Waals surface area contributed by atoms with Crippen molar-refractivity contribution >= 4 is 0 Å². The van der Waals surface area contributed by atoms with E-state index in [2.05, 4.69) is 24.5 Å². The molecule has 0 atom stereocenters. The van der Waals surface area contributed by atoms with Crippen molar-refractivity contribution < 1.29 is 57.9 Å². The summed E-state index contributed by atoms with van der Waals surface area (Å²) in [5.41, 5.74) is 0. The van der Waals surface area contributed by atoms with E-state index in [0.717, 1.165) is 6.04 Å². The van der Waals surface area contributed by atoms with Crippen molar-refractivity contribution in [1.82, 2.24) is 3.80 Å². The van der Waals surface area contributed by atoms with Crippen molar-refractivity contribution in [2.24, 2.45) is 0 Å². The number of rotatable bonds is 1. The van der Waals surface area contributed by atoms with Gasteiger partial charge in [-0.2, -0.15) is 0 Å². The van der Waals surface area contributed by atoms with E-state index in [4.69, 9.17) is 0 Å². The zero-order valence-corrected chi connectivity index (χ0v) is 14.3. The number of nitrogens with one attached hydrogen (secondary N) is 1. The summed E-state index contributed by atoms with van der Waals surface area (Å²) >= 11 is 2.12. The molecule has 0 spiro atoms. The molecule has 0 amide bonds. The number of halogens is 3. The van der Waals surface area contributed by atoms with Crippen LogP contribution >= 0.6 is 0 Å². The summed E-state index contributed by atoms with van der Waals surface area (Å²) in [5.74, 6) is 0. The van der Waals surface area contributed by atoms with Crippen molar-refractivity contribution in [3.63, 3.8) is 0 Å². The van der Waals surface area contributed by atoms with Crippen molar-refractivity contribution in [3.05, 3.63) is 0 Å². The van der Waals surface area contributed by atoms with Crippen LogP contribution in [0, 0.1) is 0 Å². The Bertz CT molecular complexity index is 127. The van der Waals surface area contributed by atoms with Crippen LogP contribution in [-0.2, 0) is 20.7 Å². The molecular formula is C12H24Cl3NTi. The van der Waals surface area contributed by atoms with Gasteiger partial charge in [0.25, 0.3) is 0 Å². The third-order valence-corrected chi connectivity index (χ3v) is 3.95. The van der Waals surface area contributed by atoms with E-state index in [1.165, 1.54) is 70.6 Å². The van der Waals surface area contributed by atoms with E-state index in [-0.39, 0.29) is 37.2 Å². The summed E-state index contributed by atoms with van der Waals surface area (Å²) in [6, 6.07) is 0.800. The minimum atomic E-state index is 0. The molecule has 1 aliphatic carbocycles. The Balaban J connectivity index is -0.000000653. The van der Waals surface area contributed by atoms with Crippen LogP contribution in [0.15, 0.2) is 0 Å². The van der Waals surface area contributed by atoms with Crippen LogP contribution in [0.25, 0.3) is 0 Å². The van der Waals surface area contributed by atoms with Crippen molar-refractivity contribution in [1.29, 1.82) is 0 Å². The van der Waals surface area contributed by atoms with Crippen molar-refractivity contribution in [2.75, 3.05) is 0 Å². The van der Waals surface area contributed by atoms with Crippen LogP contribution in [0.4, 0.5) is 0 Å². The van der Waals surface area contributed by atoms with Gasteiger partial charge in [-0.05, 0) is 0 Å². The molecule has 17 heavy (non-hydrogen) atoms. The van der Waals surface area contributed by atoms with Gasteiger partial charge in [0.2, 0.25) is 0 Å². The summed E-state index contributed by atoms with van der Waals surface area (Å²) < 4.78 is 3.46. The second-order valence-corrected chi connectivity index (χ2v) is 5.05. The number of hydrogen-bond donors (Lipinski definition) is 1. The molecule has 1 fully saturated rings. The molecule has 0 aromatic carbocycles. The van der Waals surface area contributed by atoms with Gasteiger partial charge in [0.1, 0.15) is 0 Å². The van der Waals surface area contributed by atoms with E-state index < -0.39 is 0 Å². The Kier molecular flexibility index (Phi) is 24.4. The van der Waals surface area contributed by atoms with E-state index in [1.807, 2.05) is 0 Å². The zero-order valence-electron chi connectivity index (χ0n) is 10.5. The fraction of sp³-hybridized carbons (Fsp3) is 1.00. The molecule has 0 radical (unpaired) electrons. The van der Waals surface area contributed by atoms with Crippen LogP contribution in [0.2, 0.25) is 0 Å². The summed E-state index contributed by atoms with van der Waals surface area (Å²) in [5, 5.41) is 0. The minimum absolute atomic E-state index is 0. The van der Waals surface area contributed by atoms with E-state index in [0.29, 0.717) is 0 Å². The first-order chi connectivity index (χ1) is 6.93. The van der Waals surface area contributed by atoms with Crippen LogP contribution < -0.4 is 41.0 Å². The maximum absolute atomic E-state index is 3.46. The average molecular weight is 337 g/mol. The summed E-state index contributed by atoms with van der Waals surface area (Å²) in [6.07, 6.45) is 16.0. The molecular weight excluding hydrogens is 312 g/mol. The number of hydrogen-bond acceptors (Lipinski definition) is 1. The molecule has 0 aromatic rings. The molecule has 1 N–H and O–H groups in total. The van der Waals surface area contributed by atoms with Crippen molar-refractivity contribution in [2.45, 2.75) is 76.7 Å². The van der Waals surface area contributed by atoms with Gasteiger partial charge in [-0.15, -0.1) is 0 Å². The quantitative estimate of drug-likeness (QED) is 0.472. The fourth-order valence-corrected chi connectivity index (χ4v) is 2.76. The third-order valence-electron chi connectivity index (χ3n) is 3.31. The third kappa shape index (κ3) is 13.8. The summed E-state index contributed by atoms with van der Waals surface area (Å²) in [7, 11) is 0. The molecule has 0 aromatic heterocycles. The van der Waals surface area contributed by atoms with E-state index >= 15 is 0 Å². The Morgan fingerprint density at radius 1 is 0.588 bits per heavy atom. The van der Waals surface area contributed by atoms with E-state index in [1.54, 1.807) is 0 Å². The Morgan fingerprint density at radius 2 is 0.882 bits per heavy atom. The van der Waals surface area contributed by atoms with E-state index in [9.17, 15) is 0 Å². The topological polar surface area (TPSA) is 12.0 Å². The maximum atomic E-state index is 3.46. The molecule has 1 aliphatic rings. The van der Waals surface area contributed by atoms with Gasteiger partial charge in [0.05, 0.1) is 0 Å². The molecule has 0 heterocycles. The molecule has 0 saturated heterocycles. The van der Waals surface area contributed by atoms with Crippen LogP contribution in [0.3, 0.4) is 0 Å². The van der Waals surface area contributed by atoms with Gasteiger partial charge in [0.15, 0.2) is 0 Å². The van der Waals surface area contributed by atoms with Crippen LogP contribution in [0.5, 0.6) is 0 Å². The molecule has 0 bridgehead atoms. The first kappa shape index (κ1) is 23.6. The SMILES string of the molecule is [Cl-].[Cl-].[Cl-].[Ti+3][NH]C1CCCCCCCCCCC1. The van der Waals surface area contributed by atoms with Gasteiger partial charge in [-0.1, -0.05) is 0 Å². The second-order valence-electron chi connectivity index (χ2n) is 4.60. The molecule has 1 rings (SSSR count). The summed E-state index contributed by atoms with van der Waals surface area (Å²) in [4.78, 5) is 0.